The van der Waals surface area contributed by atoms with E-state index in [-0.39, 0.29) is 12.6 Å². The predicted molar refractivity (Wildman–Crippen MR) is 111 cm³/mol. The first-order valence-electron chi connectivity index (χ1n) is 9.57. The van der Waals surface area contributed by atoms with Crippen molar-refractivity contribution in [1.82, 2.24) is 5.32 Å². The molecule has 0 radical (unpaired) electrons. The molecule has 0 saturated heterocycles. The lowest BCUT2D eigenvalue weighted by Gasteiger charge is -2.13. The number of nitrogens with one attached hydrogen (secondary N) is 1. The van der Waals surface area contributed by atoms with Gasteiger partial charge in [-0.15, -0.1) is 0 Å². The quantitative estimate of drug-likeness (QED) is 0.204. The molecule has 1 unspecified atom stereocenters. The molecule has 0 aliphatic rings. The van der Waals surface area contributed by atoms with Gasteiger partial charge in [0, 0.05) is 18.3 Å². The molecule has 1 rings (SSSR count). The second kappa shape index (κ2) is 15.3. The second-order valence-electron chi connectivity index (χ2n) is 6.30. The summed E-state index contributed by atoms with van der Waals surface area (Å²) in [6, 6.07) is 7.24. The van der Waals surface area contributed by atoms with Crippen molar-refractivity contribution in [3.8, 4) is 0 Å². The van der Waals surface area contributed by atoms with Crippen LogP contribution in [0.3, 0.4) is 0 Å². The highest BCUT2D eigenvalue weighted by Crippen LogP contribution is 2.07. The molecule has 0 heterocycles. The average molecular weight is 419 g/mol. The minimum absolute atomic E-state index is 0.0289. The van der Waals surface area contributed by atoms with Crippen LogP contribution < -0.4 is 11.1 Å². The van der Waals surface area contributed by atoms with E-state index in [1.54, 1.807) is 24.3 Å². The Balaban J connectivity index is 0.000000887. The third-order valence-electron chi connectivity index (χ3n) is 3.73. The Morgan fingerprint density at radius 2 is 1.82 bits per heavy atom. The summed E-state index contributed by atoms with van der Waals surface area (Å²) in [6.07, 6.45) is 6.31. The molecular weight excluding hydrogens is 384 g/mol. The number of ether oxygens (including phenoxy) is 1. The maximum Gasteiger partial charge on any atom is 0.397 e. The van der Waals surface area contributed by atoms with E-state index in [1.807, 2.05) is 0 Å². The maximum atomic E-state index is 11.8. The van der Waals surface area contributed by atoms with Gasteiger partial charge in [0.2, 0.25) is 0 Å². The predicted octanol–water partition coefficient (Wildman–Crippen LogP) is 3.20. The molecule has 1 atom stereocenters. The third-order valence-corrected chi connectivity index (χ3v) is 4.27. The Hall–Kier alpha value is -1.68. The van der Waals surface area contributed by atoms with Gasteiger partial charge in [0.25, 0.3) is 0 Å². The highest BCUT2D eigenvalue weighted by atomic mass is 32.3. The van der Waals surface area contributed by atoms with E-state index in [4.69, 9.17) is 15.0 Å². The Labute approximate surface area is 168 Å². The summed E-state index contributed by atoms with van der Waals surface area (Å²) in [5.41, 5.74) is 6.76. The summed E-state index contributed by atoms with van der Waals surface area (Å²) in [6.45, 7) is 6.91. The first-order chi connectivity index (χ1) is 13.2. The summed E-state index contributed by atoms with van der Waals surface area (Å²) in [7, 11) is -4.17. The van der Waals surface area contributed by atoms with Crippen molar-refractivity contribution in [3.05, 3.63) is 29.8 Å². The number of benzene rings is 1. The van der Waals surface area contributed by atoms with Crippen molar-refractivity contribution in [2.24, 2.45) is 0 Å². The number of nitrogens with two attached hydrogens (primary N) is 1. The molecule has 0 bridgehead atoms. The number of carbonyl (C=O) groups is 1. The molecule has 0 fully saturated rings. The van der Waals surface area contributed by atoms with Crippen LogP contribution in [0.1, 0.15) is 63.2 Å². The minimum Gasteiger partial charge on any atom is -0.461 e. The van der Waals surface area contributed by atoms with Crippen LogP contribution in [0.5, 0.6) is 0 Å². The Morgan fingerprint density at radius 3 is 2.32 bits per heavy atom. The molecule has 0 aliphatic heterocycles. The first-order valence-corrected chi connectivity index (χ1v) is 10.9. The van der Waals surface area contributed by atoms with E-state index >= 15 is 0 Å². The van der Waals surface area contributed by atoms with Gasteiger partial charge in [-0.3, -0.25) is 4.55 Å². The van der Waals surface area contributed by atoms with Crippen molar-refractivity contribution in [2.45, 2.75) is 58.9 Å². The van der Waals surface area contributed by atoms with Crippen molar-refractivity contribution in [2.75, 3.05) is 25.5 Å². The molecule has 0 aliphatic carbocycles. The molecule has 162 valence electrons. The Bertz CT molecular complexity index is 634. The Morgan fingerprint density at radius 1 is 1.18 bits per heavy atom. The van der Waals surface area contributed by atoms with Crippen LogP contribution in [0.25, 0.3) is 0 Å². The number of rotatable bonds is 12. The maximum absolute atomic E-state index is 11.8. The molecular formula is C19H34N2O6S. The monoisotopic (exact) mass is 418 g/mol. The number of nitrogen functional groups attached to an aromatic ring is 1. The molecule has 1 aromatic rings. The Kier molecular flexibility index (Phi) is 14.4. The van der Waals surface area contributed by atoms with Gasteiger partial charge >= 0.3 is 16.4 Å². The van der Waals surface area contributed by atoms with Gasteiger partial charge in [-0.25, -0.2) is 8.98 Å². The van der Waals surface area contributed by atoms with Gasteiger partial charge in [-0.1, -0.05) is 32.6 Å². The third kappa shape index (κ3) is 15.4. The van der Waals surface area contributed by atoms with Gasteiger partial charge in [-0.05, 0) is 44.5 Å². The molecule has 8 nitrogen and oxygen atoms in total. The van der Waals surface area contributed by atoms with Crippen LogP contribution in [-0.4, -0.2) is 44.7 Å². The number of esters is 1. The van der Waals surface area contributed by atoms with Crippen LogP contribution in [0.2, 0.25) is 0 Å². The average Bonchev–Trinajstić information content (AvgIpc) is 2.62. The number of hydrogen-bond acceptors (Lipinski definition) is 7. The number of hydrogen-bond donors (Lipinski definition) is 3. The van der Waals surface area contributed by atoms with Crippen LogP contribution in [0, 0.1) is 0 Å². The van der Waals surface area contributed by atoms with E-state index in [2.05, 4.69) is 23.3 Å². The molecule has 0 spiro atoms. The molecule has 9 heteroatoms. The molecule has 28 heavy (non-hydrogen) atoms. The van der Waals surface area contributed by atoms with Crippen LogP contribution >= 0.6 is 0 Å². The number of unbranched alkanes of at least 4 members (excludes halogenated alkanes) is 3. The summed E-state index contributed by atoms with van der Waals surface area (Å²) < 4.78 is 35.9. The van der Waals surface area contributed by atoms with E-state index < -0.39 is 10.4 Å². The number of carbonyl (C=O) groups excluding carboxylic acids is 1. The largest absolute Gasteiger partial charge is 0.461 e. The summed E-state index contributed by atoms with van der Waals surface area (Å²) in [5.74, 6) is -0.299. The summed E-state index contributed by atoms with van der Waals surface area (Å²) in [5, 5.41) is 3.38. The number of anilines is 1. The fourth-order valence-corrected chi connectivity index (χ4v) is 2.58. The second-order valence-corrected chi connectivity index (χ2v) is 7.39. The highest BCUT2D eigenvalue weighted by Gasteiger charge is 2.07. The standard InChI is InChI=1S/C17H28N2O2.C2H6O4S/c1-3-4-5-6-7-14(2)19-12-13-21-17(20)15-8-10-16(18)11-9-15;1-2-6-7(3,4)5/h8-11,14,19H,3-7,12-13,18H2,1-2H3;2H2,1H3,(H,3,4,5). The molecule has 1 aromatic carbocycles. The normalized spacial score (nSPS) is 12.0. The van der Waals surface area contributed by atoms with E-state index in [1.165, 1.54) is 39.0 Å². The van der Waals surface area contributed by atoms with Crippen molar-refractivity contribution in [1.29, 1.82) is 0 Å². The first kappa shape index (κ1) is 26.3. The molecule has 0 aromatic heterocycles. The fourth-order valence-electron chi connectivity index (χ4n) is 2.28. The van der Waals surface area contributed by atoms with Gasteiger partial charge in [-0.2, -0.15) is 8.42 Å². The van der Waals surface area contributed by atoms with Gasteiger partial charge in [0.1, 0.15) is 6.61 Å². The zero-order valence-corrected chi connectivity index (χ0v) is 17.8. The summed E-state index contributed by atoms with van der Waals surface area (Å²) in [4.78, 5) is 11.8. The van der Waals surface area contributed by atoms with E-state index in [0.29, 0.717) is 30.4 Å². The molecule has 0 saturated carbocycles. The highest BCUT2D eigenvalue weighted by molar-refractivity contribution is 7.80. The van der Waals surface area contributed by atoms with Gasteiger partial charge in [0.05, 0.1) is 12.2 Å². The lowest BCUT2D eigenvalue weighted by Crippen LogP contribution is -2.30. The zero-order valence-electron chi connectivity index (χ0n) is 17.0. The van der Waals surface area contributed by atoms with Crippen molar-refractivity contribution < 1.29 is 26.7 Å². The van der Waals surface area contributed by atoms with Crippen molar-refractivity contribution >= 4 is 22.1 Å². The van der Waals surface area contributed by atoms with E-state index in [0.717, 1.165) is 0 Å². The lowest BCUT2D eigenvalue weighted by molar-refractivity contribution is 0.0506. The topological polar surface area (TPSA) is 128 Å². The molecule has 0 amide bonds. The van der Waals surface area contributed by atoms with E-state index in [9.17, 15) is 13.2 Å². The zero-order chi connectivity index (χ0) is 21.4. The smallest absolute Gasteiger partial charge is 0.397 e. The lowest BCUT2D eigenvalue weighted by atomic mass is 10.1. The van der Waals surface area contributed by atoms with Gasteiger partial charge < -0.3 is 15.8 Å². The fraction of sp³-hybridized carbons (Fsp3) is 0.632. The van der Waals surface area contributed by atoms with Crippen LogP contribution in [0.4, 0.5) is 5.69 Å². The summed E-state index contributed by atoms with van der Waals surface area (Å²) >= 11 is 0. The van der Waals surface area contributed by atoms with Gasteiger partial charge in [0.15, 0.2) is 0 Å². The molecule has 4 N–H and O–H groups in total. The van der Waals surface area contributed by atoms with Crippen molar-refractivity contribution in [3.63, 3.8) is 0 Å². The minimum atomic E-state index is -4.17. The SMILES string of the molecule is CCCCCCC(C)NCCOC(=O)c1ccc(N)cc1.CCOS(=O)(=O)O. The van der Waals surface area contributed by atoms with Crippen LogP contribution in [-0.2, 0) is 19.3 Å². The van der Waals surface area contributed by atoms with Crippen LogP contribution in [0.15, 0.2) is 24.3 Å².